The van der Waals surface area contributed by atoms with Crippen LogP contribution in [0.25, 0.3) is 0 Å². The van der Waals surface area contributed by atoms with Crippen LogP contribution >= 0.6 is 15.9 Å². The number of hydrogen-bond acceptors (Lipinski definition) is 2. The van der Waals surface area contributed by atoms with E-state index in [0.717, 1.165) is 10.9 Å². The van der Waals surface area contributed by atoms with E-state index >= 15 is 0 Å². The predicted octanol–water partition coefficient (Wildman–Crippen LogP) is 2.60. The lowest BCUT2D eigenvalue weighted by Crippen LogP contribution is -2.26. The smallest absolute Gasteiger partial charge is 0.252 e. The van der Waals surface area contributed by atoms with Gasteiger partial charge in [0.15, 0.2) is 0 Å². The monoisotopic (exact) mass is 283 g/mol. The molecule has 2 unspecified atom stereocenters. The molecule has 0 bridgehead atoms. The zero-order valence-electron chi connectivity index (χ0n) is 9.29. The largest absolute Gasteiger partial charge is 0.497 e. The quantitative estimate of drug-likeness (QED) is 0.926. The van der Waals surface area contributed by atoms with Crippen LogP contribution in [0.2, 0.25) is 0 Å². The molecule has 0 saturated heterocycles. The first kappa shape index (κ1) is 11.5. The lowest BCUT2D eigenvalue weighted by atomic mass is 10.2. The maximum absolute atomic E-state index is 11.9. The third-order valence-corrected chi connectivity index (χ3v) is 3.54. The molecule has 1 aliphatic carbocycles. The van der Waals surface area contributed by atoms with E-state index in [0.29, 0.717) is 23.3 Å². The lowest BCUT2D eigenvalue weighted by Gasteiger charge is -2.08. The Morgan fingerprint density at radius 3 is 2.81 bits per heavy atom. The van der Waals surface area contributed by atoms with Crippen molar-refractivity contribution in [1.82, 2.24) is 5.32 Å². The molecule has 1 aliphatic rings. The van der Waals surface area contributed by atoms with Gasteiger partial charge in [-0.15, -0.1) is 0 Å². The van der Waals surface area contributed by atoms with Gasteiger partial charge in [-0.1, -0.05) is 6.92 Å². The summed E-state index contributed by atoms with van der Waals surface area (Å²) in [5.74, 6) is 1.26. The standard InChI is InChI=1S/C12H14BrNO2/c1-7-5-11(7)14-12(15)9-6-8(16-2)3-4-10(9)13/h3-4,6-7,11H,5H2,1-2H3,(H,14,15). The SMILES string of the molecule is COc1ccc(Br)c(C(=O)NC2CC2C)c1. The first-order valence-corrected chi connectivity index (χ1v) is 6.05. The van der Waals surface area contributed by atoms with Gasteiger partial charge in [-0.3, -0.25) is 4.79 Å². The molecule has 4 heteroatoms. The zero-order valence-corrected chi connectivity index (χ0v) is 10.9. The van der Waals surface area contributed by atoms with Crippen molar-refractivity contribution in [3.05, 3.63) is 28.2 Å². The van der Waals surface area contributed by atoms with E-state index in [-0.39, 0.29) is 5.91 Å². The van der Waals surface area contributed by atoms with Crippen LogP contribution in [0.3, 0.4) is 0 Å². The summed E-state index contributed by atoms with van der Waals surface area (Å²) in [6.45, 7) is 2.13. The van der Waals surface area contributed by atoms with Crippen molar-refractivity contribution in [3.63, 3.8) is 0 Å². The Labute approximate surface area is 103 Å². The second-order valence-corrected chi connectivity index (χ2v) is 4.99. The fourth-order valence-electron chi connectivity index (χ4n) is 1.57. The number of nitrogens with one attached hydrogen (secondary N) is 1. The molecular formula is C12H14BrNO2. The van der Waals surface area contributed by atoms with E-state index in [4.69, 9.17) is 4.74 Å². The van der Waals surface area contributed by atoms with E-state index in [1.165, 1.54) is 0 Å². The molecule has 0 heterocycles. The Bertz CT molecular complexity index is 419. The minimum absolute atomic E-state index is 0.0416. The van der Waals surface area contributed by atoms with Gasteiger partial charge in [-0.05, 0) is 46.5 Å². The second-order valence-electron chi connectivity index (χ2n) is 4.14. The van der Waals surface area contributed by atoms with Crippen molar-refractivity contribution in [2.75, 3.05) is 7.11 Å². The number of methoxy groups -OCH3 is 1. The van der Waals surface area contributed by atoms with Crippen LogP contribution in [-0.4, -0.2) is 19.1 Å². The molecule has 16 heavy (non-hydrogen) atoms. The molecule has 1 N–H and O–H groups in total. The van der Waals surface area contributed by atoms with Crippen LogP contribution in [-0.2, 0) is 0 Å². The van der Waals surface area contributed by atoms with Crippen molar-refractivity contribution < 1.29 is 9.53 Å². The van der Waals surface area contributed by atoms with Gasteiger partial charge in [-0.25, -0.2) is 0 Å². The minimum Gasteiger partial charge on any atom is -0.497 e. The summed E-state index contributed by atoms with van der Waals surface area (Å²) in [5, 5.41) is 2.99. The molecule has 0 aliphatic heterocycles. The molecule has 0 radical (unpaired) electrons. The topological polar surface area (TPSA) is 38.3 Å². The molecule has 3 nitrogen and oxygen atoms in total. The number of halogens is 1. The number of carbonyl (C=O) groups excluding carboxylic acids is 1. The molecule has 0 spiro atoms. The number of carbonyl (C=O) groups is 1. The number of benzene rings is 1. The first-order chi connectivity index (χ1) is 7.61. The van der Waals surface area contributed by atoms with Crippen molar-refractivity contribution >= 4 is 21.8 Å². The molecule has 2 rings (SSSR count). The fourth-order valence-corrected chi connectivity index (χ4v) is 2.00. The highest BCUT2D eigenvalue weighted by Crippen LogP contribution is 2.30. The summed E-state index contributed by atoms with van der Waals surface area (Å²) in [6, 6.07) is 5.72. The van der Waals surface area contributed by atoms with Crippen molar-refractivity contribution in [2.45, 2.75) is 19.4 Å². The molecule has 1 amide bonds. The van der Waals surface area contributed by atoms with Gasteiger partial charge < -0.3 is 10.1 Å². The van der Waals surface area contributed by atoms with E-state index < -0.39 is 0 Å². The highest BCUT2D eigenvalue weighted by molar-refractivity contribution is 9.10. The van der Waals surface area contributed by atoms with Gasteiger partial charge in [0.05, 0.1) is 12.7 Å². The van der Waals surface area contributed by atoms with Crippen LogP contribution in [0.4, 0.5) is 0 Å². The van der Waals surface area contributed by atoms with Gasteiger partial charge in [0, 0.05) is 10.5 Å². The summed E-state index contributed by atoms with van der Waals surface area (Å²) in [5.41, 5.74) is 0.624. The second kappa shape index (κ2) is 4.45. The fraction of sp³-hybridized carbons (Fsp3) is 0.417. The van der Waals surface area contributed by atoms with Crippen LogP contribution in [0, 0.1) is 5.92 Å². The van der Waals surface area contributed by atoms with E-state index in [1.807, 2.05) is 12.1 Å². The maximum atomic E-state index is 11.9. The first-order valence-electron chi connectivity index (χ1n) is 5.26. The molecule has 1 fully saturated rings. The molecule has 2 atom stereocenters. The summed E-state index contributed by atoms with van der Waals surface area (Å²) in [6.07, 6.45) is 1.08. The number of hydrogen-bond donors (Lipinski definition) is 1. The predicted molar refractivity (Wildman–Crippen MR) is 65.7 cm³/mol. The van der Waals surface area contributed by atoms with E-state index in [2.05, 4.69) is 28.2 Å². The average molecular weight is 284 g/mol. The molecule has 1 aromatic rings. The summed E-state index contributed by atoms with van der Waals surface area (Å²) in [4.78, 5) is 11.9. The Balaban J connectivity index is 2.14. The van der Waals surface area contributed by atoms with Crippen LogP contribution in [0.15, 0.2) is 22.7 Å². The number of ether oxygens (including phenoxy) is 1. The van der Waals surface area contributed by atoms with Gasteiger partial charge in [-0.2, -0.15) is 0 Å². The normalized spacial score (nSPS) is 22.7. The van der Waals surface area contributed by atoms with Crippen molar-refractivity contribution in [1.29, 1.82) is 0 Å². The molecule has 1 saturated carbocycles. The Hall–Kier alpha value is -1.03. The Kier molecular flexibility index (Phi) is 3.19. The third kappa shape index (κ3) is 2.38. The van der Waals surface area contributed by atoms with Gasteiger partial charge in [0.2, 0.25) is 0 Å². The van der Waals surface area contributed by atoms with Gasteiger partial charge >= 0.3 is 0 Å². The molecule has 1 aromatic carbocycles. The van der Waals surface area contributed by atoms with Crippen molar-refractivity contribution in [2.24, 2.45) is 5.92 Å². The van der Waals surface area contributed by atoms with Crippen molar-refractivity contribution in [3.8, 4) is 5.75 Å². The van der Waals surface area contributed by atoms with Gasteiger partial charge in [0.1, 0.15) is 5.75 Å². The average Bonchev–Trinajstić information content (AvgIpc) is 2.94. The molecular weight excluding hydrogens is 270 g/mol. The lowest BCUT2D eigenvalue weighted by molar-refractivity contribution is 0.0948. The highest BCUT2D eigenvalue weighted by atomic mass is 79.9. The Morgan fingerprint density at radius 1 is 1.56 bits per heavy atom. The zero-order chi connectivity index (χ0) is 11.7. The summed E-state index contributed by atoms with van der Waals surface area (Å²) >= 11 is 3.37. The third-order valence-electron chi connectivity index (χ3n) is 2.84. The highest BCUT2D eigenvalue weighted by Gasteiger charge is 2.34. The number of rotatable bonds is 3. The van der Waals surface area contributed by atoms with Crippen LogP contribution in [0.5, 0.6) is 5.75 Å². The minimum atomic E-state index is -0.0416. The molecule has 0 aromatic heterocycles. The Morgan fingerprint density at radius 2 is 2.25 bits per heavy atom. The van der Waals surface area contributed by atoms with E-state index in [1.54, 1.807) is 13.2 Å². The van der Waals surface area contributed by atoms with Crippen LogP contribution in [0.1, 0.15) is 23.7 Å². The van der Waals surface area contributed by atoms with Gasteiger partial charge in [0.25, 0.3) is 5.91 Å². The van der Waals surface area contributed by atoms with E-state index in [9.17, 15) is 4.79 Å². The summed E-state index contributed by atoms with van der Waals surface area (Å²) < 4.78 is 5.89. The maximum Gasteiger partial charge on any atom is 0.252 e. The summed E-state index contributed by atoms with van der Waals surface area (Å²) in [7, 11) is 1.59. The molecule has 86 valence electrons. The van der Waals surface area contributed by atoms with Crippen LogP contribution < -0.4 is 10.1 Å². The number of amides is 1.